The number of fused-ring (bicyclic) bond motifs is 2. The van der Waals surface area contributed by atoms with Gasteiger partial charge in [0.25, 0.3) is 15.1 Å². The Bertz CT molecular complexity index is 1290. The molecule has 0 saturated heterocycles. The van der Waals surface area contributed by atoms with E-state index in [4.69, 9.17) is 27.8 Å². The van der Waals surface area contributed by atoms with Crippen LogP contribution in [0.4, 0.5) is 5.69 Å². The van der Waals surface area contributed by atoms with E-state index >= 15 is 0 Å². The molecule has 1 aliphatic rings. The van der Waals surface area contributed by atoms with Crippen LogP contribution in [-0.2, 0) is 16.7 Å². The van der Waals surface area contributed by atoms with Gasteiger partial charge in [0.05, 0.1) is 22.5 Å². The van der Waals surface area contributed by atoms with Gasteiger partial charge in [-0.25, -0.2) is 0 Å². The highest BCUT2D eigenvalue weighted by Gasteiger charge is 2.28. The number of hydrogen-bond donors (Lipinski definition) is 1. The van der Waals surface area contributed by atoms with Gasteiger partial charge in [0.1, 0.15) is 4.70 Å². The Morgan fingerprint density at radius 3 is 2.62 bits per heavy atom. The van der Waals surface area contributed by atoms with Gasteiger partial charge >= 0.3 is 0 Å². The smallest absolute Gasteiger partial charge is 0.265 e. The van der Waals surface area contributed by atoms with Crippen molar-refractivity contribution in [1.82, 2.24) is 0 Å². The van der Waals surface area contributed by atoms with Crippen LogP contribution in [0.5, 0.6) is 0 Å². The fourth-order valence-corrected chi connectivity index (χ4v) is 6.76. The van der Waals surface area contributed by atoms with E-state index in [9.17, 15) is 8.42 Å². The average Bonchev–Trinajstić information content (AvgIpc) is 3.23. The van der Waals surface area contributed by atoms with E-state index in [-0.39, 0.29) is 5.75 Å². The van der Waals surface area contributed by atoms with Gasteiger partial charge in [0.2, 0.25) is 5.52 Å². The van der Waals surface area contributed by atoms with Crippen molar-refractivity contribution >= 4 is 78.4 Å². The summed E-state index contributed by atoms with van der Waals surface area (Å²) in [5, 5.41) is 3.45. The van der Waals surface area contributed by atoms with E-state index in [0.29, 0.717) is 23.0 Å². The first-order chi connectivity index (χ1) is 15.2. The van der Waals surface area contributed by atoms with Crippen molar-refractivity contribution in [1.29, 1.82) is 0 Å². The second-order valence-electron chi connectivity index (χ2n) is 7.55. The maximum Gasteiger partial charge on any atom is 0.265 e. The Kier molecular flexibility index (Phi) is 7.39. The number of aromatic nitrogens is 1. The number of nitrogens with zero attached hydrogens (tertiary/aromatic N) is 2. The first-order valence-electron chi connectivity index (χ1n) is 10.3. The Morgan fingerprint density at radius 1 is 1.12 bits per heavy atom. The molecule has 32 heavy (non-hydrogen) atoms. The van der Waals surface area contributed by atoms with Crippen LogP contribution < -0.4 is 9.47 Å². The molecular weight excluding hydrogens is 507 g/mol. The average molecular weight is 531 g/mol. The van der Waals surface area contributed by atoms with Crippen LogP contribution in [0.15, 0.2) is 46.3 Å². The highest BCUT2D eigenvalue weighted by Crippen LogP contribution is 2.48. The summed E-state index contributed by atoms with van der Waals surface area (Å²) in [6.07, 6.45) is 4.60. The standard InChI is InChI=1S/C22H22Cl2N2O3S3/c1-2-3-9-25-17-12-15(23)5-7-19(17)30-21(25)14-22-26(10-4-11-32(27,28)29)18-13-16(24)6-8-20(18)31-22/h5-8,12-14H,2-4,9-11H2,1H3/p+1. The van der Waals surface area contributed by atoms with Crippen LogP contribution in [-0.4, -0.2) is 25.3 Å². The fourth-order valence-electron chi connectivity index (χ4n) is 3.65. The molecule has 1 N–H and O–H groups in total. The maximum atomic E-state index is 11.2. The number of halogens is 2. The largest absolute Gasteiger partial charge is 0.335 e. The van der Waals surface area contributed by atoms with E-state index < -0.39 is 10.1 Å². The van der Waals surface area contributed by atoms with E-state index in [1.54, 1.807) is 23.1 Å². The third-order valence-corrected chi connectivity index (χ3v) is 8.65. The summed E-state index contributed by atoms with van der Waals surface area (Å²) in [7, 11) is -4.01. The van der Waals surface area contributed by atoms with Crippen molar-refractivity contribution in [3.8, 4) is 0 Å². The first kappa shape index (κ1) is 23.9. The van der Waals surface area contributed by atoms with Gasteiger partial charge in [-0.3, -0.25) is 4.55 Å². The molecule has 3 aromatic rings. The van der Waals surface area contributed by atoms with E-state index in [0.717, 1.165) is 45.3 Å². The molecule has 0 saturated carbocycles. The Morgan fingerprint density at radius 2 is 1.88 bits per heavy atom. The fraction of sp³-hybridized carbons (Fsp3) is 0.318. The molecule has 0 unspecified atom stereocenters. The lowest BCUT2D eigenvalue weighted by atomic mass is 10.2. The molecule has 2 aromatic carbocycles. The van der Waals surface area contributed by atoms with Gasteiger partial charge in [-0.15, -0.1) is 0 Å². The highest BCUT2D eigenvalue weighted by atomic mass is 35.5. The Hall–Kier alpha value is -1.29. The quantitative estimate of drug-likeness (QED) is 0.267. The van der Waals surface area contributed by atoms with Crippen molar-refractivity contribution in [3.05, 3.63) is 56.5 Å². The highest BCUT2D eigenvalue weighted by molar-refractivity contribution is 8.03. The van der Waals surface area contributed by atoms with Crippen LogP contribution in [0.3, 0.4) is 0 Å². The molecule has 1 aromatic heterocycles. The molecule has 0 amide bonds. The van der Waals surface area contributed by atoms with E-state index in [1.165, 1.54) is 4.90 Å². The summed E-state index contributed by atoms with van der Waals surface area (Å²) in [6, 6.07) is 11.7. The van der Waals surface area contributed by atoms with Crippen LogP contribution >= 0.6 is 46.3 Å². The summed E-state index contributed by atoms with van der Waals surface area (Å²) < 4.78 is 34.8. The molecule has 0 atom stereocenters. The summed E-state index contributed by atoms with van der Waals surface area (Å²) in [5.41, 5.74) is 2.07. The molecule has 5 nitrogen and oxygen atoms in total. The minimum Gasteiger partial charge on any atom is -0.335 e. The minimum atomic E-state index is -4.01. The summed E-state index contributed by atoms with van der Waals surface area (Å²) in [5.74, 6) is -0.283. The van der Waals surface area contributed by atoms with Gasteiger partial charge < -0.3 is 4.90 Å². The minimum absolute atomic E-state index is 0.283. The lowest BCUT2D eigenvalue weighted by Gasteiger charge is -2.19. The van der Waals surface area contributed by atoms with Gasteiger partial charge in [-0.2, -0.15) is 13.0 Å². The molecule has 0 radical (unpaired) electrons. The van der Waals surface area contributed by atoms with Gasteiger partial charge in [-0.05, 0) is 36.8 Å². The monoisotopic (exact) mass is 529 g/mol. The lowest BCUT2D eigenvalue weighted by molar-refractivity contribution is -0.668. The summed E-state index contributed by atoms with van der Waals surface area (Å²) in [4.78, 5) is 3.47. The number of rotatable bonds is 8. The number of unbranched alkanes of at least 4 members (excludes halogenated alkanes) is 1. The van der Waals surface area contributed by atoms with Crippen molar-refractivity contribution in [2.75, 3.05) is 17.2 Å². The summed E-state index contributed by atoms with van der Waals surface area (Å²) in [6.45, 7) is 3.52. The van der Waals surface area contributed by atoms with Gasteiger partial charge in [0.15, 0.2) is 6.54 Å². The first-order valence-corrected chi connectivity index (χ1v) is 14.3. The topological polar surface area (TPSA) is 61.5 Å². The van der Waals surface area contributed by atoms with E-state index in [2.05, 4.69) is 22.5 Å². The number of anilines is 1. The zero-order valence-electron chi connectivity index (χ0n) is 17.4. The SMILES string of the molecule is CCCCN1C(=Cc2sc3ccc(Cl)cc3[n+]2CCCS(=O)(=O)O)Sc2ccc(Cl)cc21. The van der Waals surface area contributed by atoms with Crippen LogP contribution in [0.25, 0.3) is 16.3 Å². The molecule has 1 aliphatic heterocycles. The predicted molar refractivity (Wildman–Crippen MR) is 136 cm³/mol. The molecule has 4 rings (SSSR count). The Balaban J connectivity index is 1.75. The van der Waals surface area contributed by atoms with Gasteiger partial charge in [-0.1, -0.05) is 59.6 Å². The van der Waals surface area contributed by atoms with E-state index in [1.807, 2.05) is 36.4 Å². The van der Waals surface area contributed by atoms with Gasteiger partial charge in [0, 0.05) is 34.0 Å². The maximum absolute atomic E-state index is 11.2. The zero-order valence-corrected chi connectivity index (χ0v) is 21.4. The van der Waals surface area contributed by atoms with Crippen LogP contribution in [0.1, 0.15) is 31.2 Å². The number of thiazole rings is 1. The van der Waals surface area contributed by atoms with Crippen molar-refractivity contribution < 1.29 is 17.5 Å². The second kappa shape index (κ2) is 9.91. The summed E-state index contributed by atoms with van der Waals surface area (Å²) >= 11 is 15.9. The van der Waals surface area contributed by atoms with Crippen molar-refractivity contribution in [2.45, 2.75) is 37.6 Å². The number of benzene rings is 2. The second-order valence-corrected chi connectivity index (χ2v) is 12.1. The molecule has 10 heteroatoms. The molecule has 0 aliphatic carbocycles. The molecule has 0 fully saturated rings. The molecule has 0 bridgehead atoms. The number of thioether (sulfide) groups is 1. The third-order valence-electron chi connectivity index (χ3n) is 5.15. The van der Waals surface area contributed by atoms with Crippen molar-refractivity contribution in [2.24, 2.45) is 0 Å². The van der Waals surface area contributed by atoms with Crippen molar-refractivity contribution in [3.63, 3.8) is 0 Å². The van der Waals surface area contributed by atoms with Crippen LogP contribution in [0, 0.1) is 0 Å². The predicted octanol–water partition coefficient (Wildman–Crippen LogP) is 6.48. The zero-order chi connectivity index (χ0) is 22.9. The molecule has 0 spiro atoms. The molecular formula is C22H23Cl2N2O3S3+. The molecule has 2 heterocycles. The third kappa shape index (κ3) is 5.43. The van der Waals surface area contributed by atoms with Crippen LogP contribution in [0.2, 0.25) is 10.0 Å². The Labute approximate surface area is 206 Å². The number of hydrogen-bond acceptors (Lipinski definition) is 5. The number of aryl methyl sites for hydroxylation is 1. The normalized spacial score (nSPS) is 15.1. The lowest BCUT2D eigenvalue weighted by Crippen LogP contribution is -2.36. The molecule has 170 valence electrons.